The molecule has 2 aromatic rings. The van der Waals surface area contributed by atoms with E-state index in [4.69, 9.17) is 16.3 Å². The second kappa shape index (κ2) is 5.30. The zero-order valence-electron chi connectivity index (χ0n) is 11.1. The van der Waals surface area contributed by atoms with Crippen LogP contribution >= 0.6 is 11.6 Å². The van der Waals surface area contributed by atoms with E-state index in [1.807, 2.05) is 0 Å². The average Bonchev–Trinajstić information content (AvgIpc) is 2.63. The summed E-state index contributed by atoms with van der Waals surface area (Å²) in [6.45, 7) is 0.262. The fraction of sp³-hybridized carbons (Fsp3) is 0.133. The fourth-order valence-electron chi connectivity index (χ4n) is 2.36. The highest BCUT2D eigenvalue weighted by Gasteiger charge is 2.33. The Morgan fingerprint density at radius 1 is 1.18 bits per heavy atom. The molecule has 22 heavy (non-hydrogen) atoms. The van der Waals surface area contributed by atoms with E-state index >= 15 is 0 Å². The summed E-state index contributed by atoms with van der Waals surface area (Å²) in [5, 5.41) is 0.968. The van der Waals surface area contributed by atoms with Gasteiger partial charge < -0.3 is 10.1 Å². The van der Waals surface area contributed by atoms with E-state index < -0.39 is 17.0 Å². The minimum Gasteiger partial charge on any atom is -0.451 e. The van der Waals surface area contributed by atoms with Gasteiger partial charge in [-0.15, -0.1) is 0 Å². The van der Waals surface area contributed by atoms with Gasteiger partial charge in [-0.05, 0) is 35.9 Å². The van der Waals surface area contributed by atoms with Crippen LogP contribution < -0.4 is 10.1 Å². The lowest BCUT2D eigenvalue weighted by Gasteiger charge is -2.10. The molecule has 3 rings (SSSR count). The van der Waals surface area contributed by atoms with Crippen LogP contribution in [0.3, 0.4) is 0 Å². The van der Waals surface area contributed by atoms with Gasteiger partial charge in [-0.1, -0.05) is 6.07 Å². The molecule has 3 nitrogen and oxygen atoms in total. The van der Waals surface area contributed by atoms with Gasteiger partial charge in [0.2, 0.25) is 0 Å². The summed E-state index contributed by atoms with van der Waals surface area (Å²) < 4.78 is 44.0. The Bertz CT molecular complexity index is 759. The summed E-state index contributed by atoms with van der Waals surface area (Å²) in [5.41, 5.74) is 0.441. The standard InChI is InChI=1S/C15H9ClF3NO2/c16-14(21)9-2-1-3-12-10(9)7-20-11-6-8(15(17,18)19)4-5-13(11)22-12/h1-6,20H,7H2/p+1. The van der Waals surface area contributed by atoms with E-state index in [-0.39, 0.29) is 6.54 Å². The summed E-state index contributed by atoms with van der Waals surface area (Å²) in [6.07, 6.45) is -4.42. The third kappa shape index (κ3) is 2.67. The number of benzene rings is 2. The smallest absolute Gasteiger partial charge is 0.416 e. The van der Waals surface area contributed by atoms with Gasteiger partial charge in [0.25, 0.3) is 5.24 Å². The Hall–Kier alpha value is -2.05. The summed E-state index contributed by atoms with van der Waals surface area (Å²) in [5.74, 6) is 0.729. The Balaban J connectivity index is 2.04. The maximum absolute atomic E-state index is 12.8. The molecule has 114 valence electrons. The molecule has 1 aliphatic heterocycles. The molecule has 0 aromatic heterocycles. The predicted octanol–water partition coefficient (Wildman–Crippen LogP) is 3.59. The van der Waals surface area contributed by atoms with Gasteiger partial charge in [-0.25, -0.2) is 0 Å². The first-order chi connectivity index (χ1) is 10.4. The number of ether oxygens (including phenoxy) is 1. The van der Waals surface area contributed by atoms with Crippen LogP contribution in [-0.2, 0) is 12.7 Å². The molecule has 1 heterocycles. The Morgan fingerprint density at radius 3 is 2.64 bits per heavy atom. The SMILES string of the molecule is O=C(Cl)c1cccc2c1C[NH2+]c1cc(C(F)(F)F)ccc1O2. The fourth-order valence-corrected chi connectivity index (χ4v) is 2.54. The van der Waals surface area contributed by atoms with Gasteiger partial charge in [0, 0.05) is 11.6 Å². The number of halogens is 4. The molecule has 0 fully saturated rings. The van der Waals surface area contributed by atoms with Crippen molar-refractivity contribution in [2.45, 2.75) is 12.7 Å². The molecular weight excluding hydrogens is 319 g/mol. The summed E-state index contributed by atoms with van der Waals surface area (Å²) in [7, 11) is 0. The van der Waals surface area contributed by atoms with Crippen molar-refractivity contribution in [3.8, 4) is 11.5 Å². The van der Waals surface area contributed by atoms with Crippen LogP contribution in [0.15, 0.2) is 36.4 Å². The molecule has 0 atom stereocenters. The first-order valence-corrected chi connectivity index (χ1v) is 6.78. The first-order valence-electron chi connectivity index (χ1n) is 6.40. The minimum atomic E-state index is -4.42. The number of rotatable bonds is 1. The molecule has 0 radical (unpaired) electrons. The minimum absolute atomic E-state index is 0.262. The van der Waals surface area contributed by atoms with E-state index in [9.17, 15) is 18.0 Å². The zero-order chi connectivity index (χ0) is 15.9. The molecule has 2 N–H and O–H groups in total. The van der Waals surface area contributed by atoms with Crippen molar-refractivity contribution in [2.75, 3.05) is 0 Å². The monoisotopic (exact) mass is 328 g/mol. The van der Waals surface area contributed by atoms with Crippen molar-refractivity contribution in [3.05, 3.63) is 53.1 Å². The highest BCUT2D eigenvalue weighted by atomic mass is 35.5. The summed E-state index contributed by atoms with van der Waals surface area (Å²) in [6, 6.07) is 8.10. The van der Waals surface area contributed by atoms with Crippen molar-refractivity contribution < 1.29 is 28.0 Å². The highest BCUT2D eigenvalue weighted by Crippen LogP contribution is 2.37. The van der Waals surface area contributed by atoms with Crippen LogP contribution in [0.25, 0.3) is 0 Å². The molecule has 0 amide bonds. The lowest BCUT2D eigenvalue weighted by molar-refractivity contribution is -0.588. The van der Waals surface area contributed by atoms with Crippen molar-refractivity contribution in [1.82, 2.24) is 0 Å². The Kier molecular flexibility index (Phi) is 3.58. The Morgan fingerprint density at radius 2 is 1.95 bits per heavy atom. The number of quaternary nitrogens is 1. The van der Waals surface area contributed by atoms with Gasteiger partial charge >= 0.3 is 6.18 Å². The molecule has 0 bridgehead atoms. The zero-order valence-corrected chi connectivity index (χ0v) is 11.8. The normalized spacial score (nSPS) is 13.6. The lowest BCUT2D eigenvalue weighted by Crippen LogP contribution is -2.75. The van der Waals surface area contributed by atoms with E-state index in [1.54, 1.807) is 23.5 Å². The van der Waals surface area contributed by atoms with Crippen LogP contribution in [0.1, 0.15) is 21.5 Å². The molecule has 0 saturated carbocycles. The third-order valence-electron chi connectivity index (χ3n) is 3.43. The van der Waals surface area contributed by atoms with Crippen LogP contribution in [0.2, 0.25) is 0 Å². The van der Waals surface area contributed by atoms with Crippen LogP contribution in [0, 0.1) is 0 Å². The number of fused-ring (bicyclic) bond motifs is 2. The van der Waals surface area contributed by atoms with Gasteiger partial charge in [0.15, 0.2) is 11.4 Å². The Labute approximate surface area is 128 Å². The number of alkyl halides is 3. The van der Waals surface area contributed by atoms with E-state index in [0.29, 0.717) is 28.3 Å². The number of nitrogens with two attached hydrogens (primary N) is 1. The molecule has 7 heteroatoms. The first kappa shape index (κ1) is 14.9. The van der Waals surface area contributed by atoms with Gasteiger partial charge in [-0.3, -0.25) is 4.79 Å². The lowest BCUT2D eigenvalue weighted by atomic mass is 10.1. The molecular formula is C15H10ClF3NO2+. The summed E-state index contributed by atoms with van der Waals surface area (Å²) in [4.78, 5) is 11.4. The quantitative estimate of drug-likeness (QED) is 0.642. The van der Waals surface area contributed by atoms with Crippen LogP contribution in [-0.4, -0.2) is 5.24 Å². The molecule has 0 aliphatic carbocycles. The van der Waals surface area contributed by atoms with Gasteiger partial charge in [-0.2, -0.15) is 13.2 Å². The maximum Gasteiger partial charge on any atom is 0.416 e. The maximum atomic E-state index is 12.8. The molecule has 0 spiro atoms. The average molecular weight is 329 g/mol. The van der Waals surface area contributed by atoms with E-state index in [2.05, 4.69) is 0 Å². The van der Waals surface area contributed by atoms with Crippen LogP contribution in [0.4, 0.5) is 18.9 Å². The van der Waals surface area contributed by atoms with Crippen molar-refractivity contribution >= 4 is 22.5 Å². The molecule has 0 saturated heterocycles. The molecule has 0 unspecified atom stereocenters. The molecule has 2 aromatic carbocycles. The van der Waals surface area contributed by atoms with Gasteiger partial charge in [0.05, 0.1) is 11.1 Å². The summed E-state index contributed by atoms with van der Waals surface area (Å²) >= 11 is 5.53. The van der Waals surface area contributed by atoms with Crippen molar-refractivity contribution in [3.63, 3.8) is 0 Å². The van der Waals surface area contributed by atoms with E-state index in [0.717, 1.165) is 12.1 Å². The van der Waals surface area contributed by atoms with Crippen LogP contribution in [0.5, 0.6) is 11.5 Å². The topological polar surface area (TPSA) is 42.9 Å². The number of carbonyl (C=O) groups excluding carboxylic acids is 1. The second-order valence-electron chi connectivity index (χ2n) is 4.82. The largest absolute Gasteiger partial charge is 0.451 e. The number of carbonyl (C=O) groups is 1. The number of hydrogen-bond acceptors (Lipinski definition) is 2. The predicted molar refractivity (Wildman–Crippen MR) is 73.4 cm³/mol. The second-order valence-corrected chi connectivity index (χ2v) is 5.16. The van der Waals surface area contributed by atoms with E-state index in [1.165, 1.54) is 6.07 Å². The van der Waals surface area contributed by atoms with Crippen molar-refractivity contribution in [1.29, 1.82) is 0 Å². The third-order valence-corrected chi connectivity index (χ3v) is 3.63. The molecule has 1 aliphatic rings. The highest BCUT2D eigenvalue weighted by molar-refractivity contribution is 6.68. The number of hydrogen-bond donors (Lipinski definition) is 1. The van der Waals surface area contributed by atoms with Gasteiger partial charge in [0.1, 0.15) is 12.3 Å². The van der Waals surface area contributed by atoms with Crippen molar-refractivity contribution in [2.24, 2.45) is 0 Å².